The van der Waals surface area contributed by atoms with Gasteiger partial charge in [0, 0.05) is 11.6 Å². The fourth-order valence-electron chi connectivity index (χ4n) is 5.56. The zero-order valence-electron chi connectivity index (χ0n) is 13.7. The van der Waals surface area contributed by atoms with E-state index in [1.165, 1.54) is 25.3 Å². The number of carbonyl (C=O) groups is 1. The standard InChI is InChI=1S/C18H23N3O3/c22-17(11-19-15-3-1-2-4-16(15)21(23)24)20-18-8-12-5-13(9-18)7-14(6-12)10-18/h1-4,12-14,19H,5-11H2,(H,20,22). The molecule has 0 spiro atoms. The van der Waals surface area contributed by atoms with Crippen LogP contribution in [-0.4, -0.2) is 22.9 Å². The Balaban J connectivity index is 1.39. The Kier molecular flexibility index (Phi) is 3.70. The number of amides is 1. The molecule has 0 heterocycles. The van der Waals surface area contributed by atoms with E-state index >= 15 is 0 Å². The largest absolute Gasteiger partial charge is 0.371 e. The number of para-hydroxylation sites is 2. The van der Waals surface area contributed by atoms with Gasteiger partial charge in [-0.05, 0) is 62.3 Å². The Morgan fingerprint density at radius 1 is 1.12 bits per heavy atom. The van der Waals surface area contributed by atoms with Gasteiger partial charge in [-0.1, -0.05) is 12.1 Å². The lowest BCUT2D eigenvalue weighted by Crippen LogP contribution is -2.60. The van der Waals surface area contributed by atoms with Crippen LogP contribution in [0, 0.1) is 27.9 Å². The monoisotopic (exact) mass is 329 g/mol. The van der Waals surface area contributed by atoms with Gasteiger partial charge in [-0.25, -0.2) is 0 Å². The molecule has 4 aliphatic carbocycles. The van der Waals surface area contributed by atoms with Crippen LogP contribution in [0.2, 0.25) is 0 Å². The maximum absolute atomic E-state index is 12.4. The quantitative estimate of drug-likeness (QED) is 0.642. The van der Waals surface area contributed by atoms with Crippen LogP contribution < -0.4 is 10.6 Å². The zero-order valence-corrected chi connectivity index (χ0v) is 13.7. The predicted octanol–water partition coefficient (Wildman–Crippen LogP) is 3.09. The molecular formula is C18H23N3O3. The summed E-state index contributed by atoms with van der Waals surface area (Å²) in [7, 11) is 0. The van der Waals surface area contributed by atoms with E-state index in [1.54, 1.807) is 18.2 Å². The molecule has 6 heteroatoms. The van der Waals surface area contributed by atoms with Crippen molar-refractivity contribution in [3.63, 3.8) is 0 Å². The van der Waals surface area contributed by atoms with Crippen LogP contribution in [0.5, 0.6) is 0 Å². The number of benzene rings is 1. The molecule has 2 N–H and O–H groups in total. The van der Waals surface area contributed by atoms with E-state index in [9.17, 15) is 14.9 Å². The van der Waals surface area contributed by atoms with Crippen LogP contribution in [0.15, 0.2) is 24.3 Å². The Morgan fingerprint density at radius 2 is 1.71 bits per heavy atom. The molecule has 5 rings (SSSR count). The summed E-state index contributed by atoms with van der Waals surface area (Å²) in [6.45, 7) is 0.0760. The van der Waals surface area contributed by atoms with E-state index in [2.05, 4.69) is 10.6 Å². The first kappa shape index (κ1) is 15.4. The number of nitro groups is 1. The molecule has 0 atom stereocenters. The summed E-state index contributed by atoms with van der Waals surface area (Å²) in [5, 5.41) is 17.2. The fourth-order valence-corrected chi connectivity index (χ4v) is 5.56. The normalized spacial score (nSPS) is 33.2. The van der Waals surface area contributed by atoms with Crippen molar-refractivity contribution in [2.45, 2.75) is 44.1 Å². The SMILES string of the molecule is O=C(CNc1ccccc1[N+](=O)[O-])NC12CC3CC(CC(C3)C1)C2. The number of nitro benzene ring substituents is 1. The lowest BCUT2D eigenvalue weighted by Gasteiger charge is -2.56. The molecule has 1 aromatic rings. The third-order valence-electron chi connectivity index (χ3n) is 5.98. The van der Waals surface area contributed by atoms with Crippen molar-refractivity contribution in [1.29, 1.82) is 0 Å². The van der Waals surface area contributed by atoms with Crippen LogP contribution in [0.3, 0.4) is 0 Å². The average molecular weight is 329 g/mol. The molecule has 4 fully saturated rings. The van der Waals surface area contributed by atoms with Crippen LogP contribution in [0.25, 0.3) is 0 Å². The van der Waals surface area contributed by atoms with Crippen molar-refractivity contribution in [1.82, 2.24) is 5.32 Å². The van der Waals surface area contributed by atoms with E-state index < -0.39 is 4.92 Å². The van der Waals surface area contributed by atoms with E-state index in [-0.39, 0.29) is 23.7 Å². The summed E-state index contributed by atoms with van der Waals surface area (Å²) >= 11 is 0. The molecule has 0 saturated heterocycles. The predicted molar refractivity (Wildman–Crippen MR) is 90.6 cm³/mol. The summed E-state index contributed by atoms with van der Waals surface area (Å²) in [4.78, 5) is 23.0. The summed E-state index contributed by atoms with van der Waals surface area (Å²) in [5.74, 6) is 2.27. The van der Waals surface area contributed by atoms with E-state index in [4.69, 9.17) is 0 Å². The second-order valence-corrected chi connectivity index (χ2v) is 7.87. The molecule has 24 heavy (non-hydrogen) atoms. The summed E-state index contributed by atoms with van der Waals surface area (Å²) in [5.41, 5.74) is 0.374. The highest BCUT2D eigenvalue weighted by molar-refractivity contribution is 5.82. The zero-order chi connectivity index (χ0) is 16.7. The Hall–Kier alpha value is -2.11. The second-order valence-electron chi connectivity index (χ2n) is 7.87. The number of nitrogens with one attached hydrogen (secondary N) is 2. The van der Waals surface area contributed by atoms with Crippen LogP contribution in [-0.2, 0) is 4.79 Å². The summed E-state index contributed by atoms with van der Waals surface area (Å²) in [6.07, 6.45) is 7.33. The van der Waals surface area contributed by atoms with Gasteiger partial charge in [0.1, 0.15) is 5.69 Å². The maximum Gasteiger partial charge on any atom is 0.292 e. The molecule has 6 nitrogen and oxygen atoms in total. The Labute approximate surface area is 141 Å². The minimum atomic E-state index is -0.431. The highest BCUT2D eigenvalue weighted by Gasteiger charge is 2.51. The van der Waals surface area contributed by atoms with Crippen molar-refractivity contribution >= 4 is 17.3 Å². The Bertz CT molecular complexity index is 638. The minimum absolute atomic E-state index is 0.0000968. The van der Waals surface area contributed by atoms with Gasteiger partial charge >= 0.3 is 0 Å². The smallest absolute Gasteiger partial charge is 0.292 e. The number of carbonyl (C=O) groups excluding carboxylic acids is 1. The number of hydrogen-bond donors (Lipinski definition) is 2. The second kappa shape index (κ2) is 5.76. The number of nitrogens with zero attached hydrogens (tertiary/aromatic N) is 1. The molecule has 4 saturated carbocycles. The first-order valence-electron chi connectivity index (χ1n) is 8.81. The van der Waals surface area contributed by atoms with Crippen LogP contribution >= 0.6 is 0 Å². The number of rotatable bonds is 5. The minimum Gasteiger partial charge on any atom is -0.371 e. The van der Waals surface area contributed by atoms with Crippen molar-refractivity contribution in [2.75, 3.05) is 11.9 Å². The van der Waals surface area contributed by atoms with Gasteiger partial charge in [0.05, 0.1) is 11.5 Å². The highest BCUT2D eigenvalue weighted by Crippen LogP contribution is 2.55. The summed E-state index contributed by atoms with van der Waals surface area (Å²) < 4.78 is 0. The van der Waals surface area contributed by atoms with Gasteiger partial charge in [-0.15, -0.1) is 0 Å². The molecule has 1 aromatic carbocycles. The van der Waals surface area contributed by atoms with E-state index in [0.29, 0.717) is 5.69 Å². The van der Waals surface area contributed by atoms with E-state index in [0.717, 1.165) is 37.0 Å². The topological polar surface area (TPSA) is 84.3 Å². The van der Waals surface area contributed by atoms with Crippen molar-refractivity contribution in [3.05, 3.63) is 34.4 Å². The van der Waals surface area contributed by atoms with Gasteiger partial charge in [-0.2, -0.15) is 0 Å². The average Bonchev–Trinajstić information content (AvgIpc) is 2.51. The molecule has 0 unspecified atom stereocenters. The van der Waals surface area contributed by atoms with Crippen molar-refractivity contribution in [2.24, 2.45) is 17.8 Å². The van der Waals surface area contributed by atoms with Gasteiger partial charge in [-0.3, -0.25) is 14.9 Å². The lowest BCUT2D eigenvalue weighted by atomic mass is 9.53. The molecule has 0 radical (unpaired) electrons. The van der Waals surface area contributed by atoms with Gasteiger partial charge in [0.2, 0.25) is 5.91 Å². The molecular weight excluding hydrogens is 306 g/mol. The molecule has 4 aliphatic rings. The third-order valence-corrected chi connectivity index (χ3v) is 5.98. The molecule has 4 bridgehead atoms. The van der Waals surface area contributed by atoms with Gasteiger partial charge in [0.15, 0.2) is 0 Å². The van der Waals surface area contributed by atoms with Crippen LogP contribution in [0.1, 0.15) is 38.5 Å². The molecule has 128 valence electrons. The van der Waals surface area contributed by atoms with Crippen molar-refractivity contribution in [3.8, 4) is 0 Å². The third kappa shape index (κ3) is 2.85. The summed E-state index contributed by atoms with van der Waals surface area (Å²) in [6, 6.07) is 6.43. The molecule has 0 aromatic heterocycles. The van der Waals surface area contributed by atoms with Crippen LogP contribution in [0.4, 0.5) is 11.4 Å². The van der Waals surface area contributed by atoms with Crippen molar-refractivity contribution < 1.29 is 9.72 Å². The molecule has 1 amide bonds. The maximum atomic E-state index is 12.4. The number of hydrogen-bond acceptors (Lipinski definition) is 4. The van der Waals surface area contributed by atoms with Gasteiger partial charge in [0.25, 0.3) is 5.69 Å². The Morgan fingerprint density at radius 3 is 2.29 bits per heavy atom. The first-order chi connectivity index (χ1) is 11.5. The first-order valence-corrected chi connectivity index (χ1v) is 8.81. The van der Waals surface area contributed by atoms with E-state index in [1.807, 2.05) is 0 Å². The number of anilines is 1. The highest BCUT2D eigenvalue weighted by atomic mass is 16.6. The lowest BCUT2D eigenvalue weighted by molar-refractivity contribution is -0.383. The van der Waals surface area contributed by atoms with Gasteiger partial charge < -0.3 is 10.6 Å². The molecule has 0 aliphatic heterocycles. The fraction of sp³-hybridized carbons (Fsp3) is 0.611.